The molecule has 4 heteroatoms. The number of nitrogens with one attached hydrogen (secondary N) is 1. The zero-order valence-corrected chi connectivity index (χ0v) is 11.5. The van der Waals surface area contributed by atoms with Crippen LogP contribution >= 0.6 is 0 Å². The molecule has 1 aliphatic rings. The van der Waals surface area contributed by atoms with E-state index in [9.17, 15) is 5.26 Å². The molecule has 1 N–H and O–H groups in total. The number of anilines is 1. The second-order valence-corrected chi connectivity index (χ2v) is 5.11. The van der Waals surface area contributed by atoms with E-state index in [1.807, 2.05) is 25.3 Å². The van der Waals surface area contributed by atoms with Crippen LogP contribution in [-0.2, 0) is 19.4 Å². The maximum absolute atomic E-state index is 9.26. The van der Waals surface area contributed by atoms with Crippen molar-refractivity contribution >= 4 is 5.82 Å². The zero-order valence-electron chi connectivity index (χ0n) is 11.5. The topological polar surface area (TPSA) is 61.6 Å². The third-order valence-corrected chi connectivity index (χ3v) is 3.75. The van der Waals surface area contributed by atoms with Crippen LogP contribution in [0.5, 0.6) is 0 Å². The lowest BCUT2D eigenvalue weighted by molar-refractivity contribution is 0.899. The number of aromatic nitrogens is 2. The number of nitriles is 1. The summed E-state index contributed by atoms with van der Waals surface area (Å²) in [6.07, 6.45) is 6.83. The van der Waals surface area contributed by atoms with Crippen molar-refractivity contribution in [1.29, 1.82) is 5.26 Å². The molecule has 0 bridgehead atoms. The van der Waals surface area contributed by atoms with Crippen LogP contribution in [0.15, 0.2) is 24.5 Å². The number of nitrogens with zero attached hydrogens (tertiary/aromatic N) is 3. The summed E-state index contributed by atoms with van der Waals surface area (Å²) in [5, 5.41) is 12.6. The molecular formula is C16H16N4. The number of pyridine rings is 2. The lowest BCUT2D eigenvalue weighted by Crippen LogP contribution is -2.06. The minimum atomic E-state index is 0.636. The monoisotopic (exact) mass is 264 g/mol. The summed E-state index contributed by atoms with van der Waals surface area (Å²) in [5.74, 6) is 0.698. The van der Waals surface area contributed by atoms with E-state index >= 15 is 0 Å². The molecule has 2 aromatic rings. The lowest BCUT2D eigenvalue weighted by atomic mass is 10.1. The fourth-order valence-corrected chi connectivity index (χ4v) is 2.57. The molecule has 0 spiro atoms. The molecule has 0 aromatic carbocycles. The van der Waals surface area contributed by atoms with E-state index in [0.717, 1.165) is 30.5 Å². The summed E-state index contributed by atoms with van der Waals surface area (Å²) in [6, 6.07) is 6.21. The number of hydrogen-bond acceptors (Lipinski definition) is 4. The summed E-state index contributed by atoms with van der Waals surface area (Å²) in [4.78, 5) is 8.70. The predicted molar refractivity (Wildman–Crippen MR) is 77.3 cm³/mol. The van der Waals surface area contributed by atoms with Gasteiger partial charge in [-0.05, 0) is 55.0 Å². The first-order chi connectivity index (χ1) is 9.78. The highest BCUT2D eigenvalue weighted by Crippen LogP contribution is 2.25. The van der Waals surface area contributed by atoms with E-state index in [1.165, 1.54) is 11.1 Å². The van der Waals surface area contributed by atoms with E-state index in [1.54, 1.807) is 6.20 Å². The molecule has 0 atom stereocenters. The molecule has 2 heterocycles. The molecule has 20 heavy (non-hydrogen) atoms. The fourth-order valence-electron chi connectivity index (χ4n) is 2.57. The second-order valence-electron chi connectivity index (χ2n) is 5.11. The minimum Gasteiger partial charge on any atom is -0.365 e. The van der Waals surface area contributed by atoms with Crippen molar-refractivity contribution in [3.8, 4) is 6.07 Å². The van der Waals surface area contributed by atoms with Gasteiger partial charge in [0.25, 0.3) is 0 Å². The molecule has 1 aliphatic carbocycles. The van der Waals surface area contributed by atoms with Gasteiger partial charge in [-0.3, -0.25) is 4.98 Å². The Labute approximate surface area is 118 Å². The Kier molecular flexibility index (Phi) is 3.34. The van der Waals surface area contributed by atoms with Crippen molar-refractivity contribution in [2.45, 2.75) is 32.7 Å². The van der Waals surface area contributed by atoms with Gasteiger partial charge in [-0.1, -0.05) is 0 Å². The van der Waals surface area contributed by atoms with Crippen LogP contribution in [0.2, 0.25) is 0 Å². The van der Waals surface area contributed by atoms with E-state index in [4.69, 9.17) is 0 Å². The van der Waals surface area contributed by atoms with Crippen molar-refractivity contribution in [3.63, 3.8) is 0 Å². The third kappa shape index (κ3) is 2.35. The molecular weight excluding hydrogens is 248 g/mol. The zero-order chi connectivity index (χ0) is 13.9. The van der Waals surface area contributed by atoms with E-state index in [0.29, 0.717) is 17.9 Å². The maximum atomic E-state index is 9.26. The molecule has 3 rings (SSSR count). The van der Waals surface area contributed by atoms with Gasteiger partial charge in [-0.2, -0.15) is 5.26 Å². The smallest absolute Gasteiger partial charge is 0.144 e. The van der Waals surface area contributed by atoms with Gasteiger partial charge in [0.05, 0.1) is 5.56 Å². The maximum Gasteiger partial charge on any atom is 0.144 e. The predicted octanol–water partition coefficient (Wildman–Crippen LogP) is 2.76. The summed E-state index contributed by atoms with van der Waals surface area (Å²) >= 11 is 0. The Morgan fingerprint density at radius 3 is 3.10 bits per heavy atom. The Hall–Kier alpha value is -2.41. The Bertz CT molecular complexity index is 685. The summed E-state index contributed by atoms with van der Waals surface area (Å²) in [7, 11) is 0. The first-order valence-electron chi connectivity index (χ1n) is 6.84. The first kappa shape index (κ1) is 12.6. The molecule has 0 saturated carbocycles. The van der Waals surface area contributed by atoms with E-state index < -0.39 is 0 Å². The Morgan fingerprint density at radius 2 is 2.30 bits per heavy atom. The second kappa shape index (κ2) is 5.30. The molecule has 0 fully saturated rings. The van der Waals surface area contributed by atoms with Gasteiger partial charge in [-0.15, -0.1) is 0 Å². The van der Waals surface area contributed by atoms with Gasteiger partial charge < -0.3 is 5.32 Å². The van der Waals surface area contributed by atoms with Crippen molar-refractivity contribution < 1.29 is 0 Å². The van der Waals surface area contributed by atoms with Crippen LogP contribution in [0.25, 0.3) is 0 Å². The SMILES string of the molecule is Cc1cnccc1CNc1nc2c(cc1C#N)CCC2. The first-order valence-corrected chi connectivity index (χ1v) is 6.84. The molecule has 0 amide bonds. The van der Waals surface area contributed by atoms with Gasteiger partial charge in [0, 0.05) is 24.6 Å². The Balaban J connectivity index is 1.84. The van der Waals surface area contributed by atoms with Crippen LogP contribution in [0, 0.1) is 18.3 Å². The van der Waals surface area contributed by atoms with Crippen molar-refractivity contribution in [3.05, 3.63) is 52.5 Å². The number of fused-ring (bicyclic) bond motifs is 1. The molecule has 100 valence electrons. The van der Waals surface area contributed by atoms with Gasteiger partial charge in [0.2, 0.25) is 0 Å². The van der Waals surface area contributed by atoms with Crippen molar-refractivity contribution in [1.82, 2.24) is 9.97 Å². The van der Waals surface area contributed by atoms with Crippen molar-refractivity contribution in [2.75, 3.05) is 5.32 Å². The van der Waals surface area contributed by atoms with Gasteiger partial charge in [-0.25, -0.2) is 4.98 Å². The minimum absolute atomic E-state index is 0.636. The van der Waals surface area contributed by atoms with Crippen LogP contribution in [-0.4, -0.2) is 9.97 Å². The summed E-state index contributed by atoms with van der Waals surface area (Å²) in [5.41, 5.74) is 5.31. The molecule has 2 aromatic heterocycles. The molecule has 0 radical (unpaired) electrons. The highest BCUT2D eigenvalue weighted by atomic mass is 15.0. The van der Waals surface area contributed by atoms with Crippen molar-refractivity contribution in [2.24, 2.45) is 0 Å². The highest BCUT2D eigenvalue weighted by molar-refractivity contribution is 5.55. The number of rotatable bonds is 3. The lowest BCUT2D eigenvalue weighted by Gasteiger charge is -2.11. The van der Waals surface area contributed by atoms with Gasteiger partial charge in [0.15, 0.2) is 0 Å². The van der Waals surface area contributed by atoms with E-state index in [-0.39, 0.29) is 0 Å². The standard InChI is InChI=1S/C16H16N4/c1-11-9-18-6-5-13(11)10-19-16-14(8-17)7-12-3-2-4-15(12)20-16/h5-7,9H,2-4,10H2,1H3,(H,19,20). The quantitative estimate of drug-likeness (QED) is 0.926. The van der Waals surface area contributed by atoms with E-state index in [2.05, 4.69) is 21.4 Å². The summed E-state index contributed by atoms with van der Waals surface area (Å²) < 4.78 is 0. The molecule has 0 aliphatic heterocycles. The van der Waals surface area contributed by atoms with Crippen LogP contribution in [0.3, 0.4) is 0 Å². The largest absolute Gasteiger partial charge is 0.365 e. The third-order valence-electron chi connectivity index (χ3n) is 3.75. The average Bonchev–Trinajstić information content (AvgIpc) is 2.92. The molecule has 4 nitrogen and oxygen atoms in total. The summed E-state index contributed by atoms with van der Waals surface area (Å²) in [6.45, 7) is 2.69. The fraction of sp³-hybridized carbons (Fsp3) is 0.312. The van der Waals surface area contributed by atoms with Gasteiger partial charge in [0.1, 0.15) is 11.9 Å². The van der Waals surface area contributed by atoms with Crippen LogP contribution < -0.4 is 5.32 Å². The normalized spacial score (nSPS) is 12.8. The molecule has 0 saturated heterocycles. The number of aryl methyl sites for hydroxylation is 3. The van der Waals surface area contributed by atoms with Gasteiger partial charge >= 0.3 is 0 Å². The molecule has 0 unspecified atom stereocenters. The average molecular weight is 264 g/mol. The Morgan fingerprint density at radius 1 is 1.40 bits per heavy atom. The highest BCUT2D eigenvalue weighted by Gasteiger charge is 2.16. The number of hydrogen-bond donors (Lipinski definition) is 1. The van der Waals surface area contributed by atoms with Crippen LogP contribution in [0.1, 0.15) is 34.4 Å². The van der Waals surface area contributed by atoms with Crippen LogP contribution in [0.4, 0.5) is 5.82 Å².